The highest BCUT2D eigenvalue weighted by atomic mass is 32.2. The molecule has 2 heterocycles. The van der Waals surface area contributed by atoms with Crippen LogP contribution < -0.4 is 9.47 Å². The molecule has 10 heteroatoms. The minimum atomic E-state index is -0.110. The molecule has 2 amide bonds. The third kappa shape index (κ3) is 7.02. The summed E-state index contributed by atoms with van der Waals surface area (Å²) in [5.74, 6) is 2.66. The van der Waals surface area contributed by atoms with Gasteiger partial charge in [0.25, 0.3) is 5.91 Å². The molecule has 1 aliphatic heterocycles. The largest absolute Gasteiger partial charge is 0.497 e. The van der Waals surface area contributed by atoms with Crippen LogP contribution in [0.4, 0.5) is 0 Å². The van der Waals surface area contributed by atoms with E-state index < -0.39 is 0 Å². The van der Waals surface area contributed by atoms with Crippen LogP contribution in [0.3, 0.4) is 0 Å². The molecular weight excluding hydrogens is 562 g/mol. The molecule has 0 radical (unpaired) electrons. The Kier molecular flexibility index (Phi) is 9.66. The molecule has 5 rings (SSSR count). The number of thioether (sulfide) groups is 1. The lowest BCUT2D eigenvalue weighted by Gasteiger charge is -2.40. The summed E-state index contributed by atoms with van der Waals surface area (Å²) < 4.78 is 12.7. The molecule has 9 nitrogen and oxygen atoms in total. The van der Waals surface area contributed by atoms with Gasteiger partial charge in [-0.3, -0.25) is 14.2 Å². The summed E-state index contributed by atoms with van der Waals surface area (Å²) >= 11 is 1.61. The Hall–Kier alpha value is -4.31. The van der Waals surface area contributed by atoms with Crippen molar-refractivity contribution in [3.05, 3.63) is 83.9 Å². The minimum absolute atomic E-state index is 0.0965. The van der Waals surface area contributed by atoms with Crippen molar-refractivity contribution in [2.45, 2.75) is 37.9 Å². The van der Waals surface area contributed by atoms with E-state index in [1.807, 2.05) is 53.1 Å². The van der Waals surface area contributed by atoms with Gasteiger partial charge in [-0.1, -0.05) is 54.2 Å². The second-order valence-corrected chi connectivity index (χ2v) is 11.6. The van der Waals surface area contributed by atoms with Crippen molar-refractivity contribution in [2.24, 2.45) is 0 Å². The van der Waals surface area contributed by atoms with Gasteiger partial charge >= 0.3 is 0 Å². The fourth-order valence-corrected chi connectivity index (χ4v) is 6.16. The first-order chi connectivity index (χ1) is 20.9. The van der Waals surface area contributed by atoms with Crippen LogP contribution in [0.15, 0.2) is 78.0 Å². The summed E-state index contributed by atoms with van der Waals surface area (Å²) in [6.07, 6.45) is 1.15. The number of aromatic nitrogens is 3. The van der Waals surface area contributed by atoms with E-state index in [9.17, 15) is 9.59 Å². The van der Waals surface area contributed by atoms with Gasteiger partial charge in [-0.15, -0.1) is 10.2 Å². The normalized spacial score (nSPS) is 14.9. The van der Waals surface area contributed by atoms with Crippen LogP contribution in [0.2, 0.25) is 0 Å². The van der Waals surface area contributed by atoms with Crippen molar-refractivity contribution in [1.29, 1.82) is 0 Å². The zero-order valence-electron chi connectivity index (χ0n) is 25.0. The first-order valence-corrected chi connectivity index (χ1v) is 15.4. The summed E-state index contributed by atoms with van der Waals surface area (Å²) in [7, 11) is 3.12. The lowest BCUT2D eigenvalue weighted by molar-refractivity contribution is -0.133. The van der Waals surface area contributed by atoms with Crippen LogP contribution in [-0.2, 0) is 4.79 Å². The molecule has 1 aromatic heterocycles. The van der Waals surface area contributed by atoms with E-state index >= 15 is 0 Å². The summed E-state index contributed by atoms with van der Waals surface area (Å²) in [5, 5.41) is 9.83. The molecule has 43 heavy (non-hydrogen) atoms. The van der Waals surface area contributed by atoms with Crippen LogP contribution in [-0.4, -0.2) is 82.0 Å². The van der Waals surface area contributed by atoms with Gasteiger partial charge in [-0.05, 0) is 50.1 Å². The third-order valence-electron chi connectivity index (χ3n) is 7.53. The van der Waals surface area contributed by atoms with Crippen molar-refractivity contribution in [3.8, 4) is 28.6 Å². The molecule has 1 atom stereocenters. The van der Waals surface area contributed by atoms with Crippen molar-refractivity contribution in [1.82, 2.24) is 24.6 Å². The maximum absolute atomic E-state index is 13.3. The Balaban J connectivity index is 1.17. The monoisotopic (exact) mass is 599 g/mol. The lowest BCUT2D eigenvalue weighted by atomic mass is 10.1. The number of benzene rings is 3. The predicted octanol–water partition coefficient (Wildman–Crippen LogP) is 5.51. The van der Waals surface area contributed by atoms with Crippen LogP contribution in [0.5, 0.6) is 11.5 Å². The number of hydrogen-bond donors (Lipinski definition) is 0. The van der Waals surface area contributed by atoms with Crippen molar-refractivity contribution < 1.29 is 19.1 Å². The van der Waals surface area contributed by atoms with Gasteiger partial charge in [0.1, 0.15) is 11.5 Å². The average molecular weight is 600 g/mol. The molecule has 1 saturated heterocycles. The number of rotatable bonds is 10. The number of nitrogens with zero attached hydrogens (tertiary/aromatic N) is 5. The van der Waals surface area contributed by atoms with Crippen molar-refractivity contribution in [3.63, 3.8) is 0 Å². The Morgan fingerprint density at radius 1 is 0.930 bits per heavy atom. The Labute approximate surface area is 256 Å². The zero-order chi connectivity index (χ0) is 30.3. The summed E-state index contributed by atoms with van der Waals surface area (Å²) in [5.41, 5.74) is 3.67. The smallest absolute Gasteiger partial charge is 0.254 e. The quantitative estimate of drug-likeness (QED) is 0.176. The minimum Gasteiger partial charge on any atom is -0.497 e. The summed E-state index contributed by atoms with van der Waals surface area (Å²) in [6.45, 7) is 5.53. The number of carbonyl (C=O) groups excluding carboxylic acids is 2. The van der Waals surface area contributed by atoms with Crippen molar-refractivity contribution in [2.75, 3.05) is 39.6 Å². The SMILES string of the molecule is COc1cc(OC)cc(C(=O)N2CCN(C(=O)CCCSc3nnc(-c4ccccc4)n3-c3cccc(C)c3)CC2C)c1. The van der Waals surface area contributed by atoms with Gasteiger partial charge in [-0.25, -0.2) is 0 Å². The van der Waals surface area contributed by atoms with E-state index in [4.69, 9.17) is 9.47 Å². The maximum atomic E-state index is 13.3. The second-order valence-electron chi connectivity index (χ2n) is 10.6. The third-order valence-corrected chi connectivity index (χ3v) is 8.55. The van der Waals surface area contributed by atoms with Gasteiger partial charge in [0, 0.05) is 60.7 Å². The molecule has 4 aromatic rings. The average Bonchev–Trinajstić information content (AvgIpc) is 3.46. The number of hydrogen-bond acceptors (Lipinski definition) is 7. The van der Waals surface area contributed by atoms with E-state index in [1.165, 1.54) is 0 Å². The van der Waals surface area contributed by atoms with E-state index in [2.05, 4.69) is 39.9 Å². The molecule has 1 unspecified atom stereocenters. The summed E-state index contributed by atoms with van der Waals surface area (Å²) in [6, 6.07) is 23.4. The molecule has 0 saturated carbocycles. The summed E-state index contributed by atoms with van der Waals surface area (Å²) in [4.78, 5) is 30.1. The van der Waals surface area contributed by atoms with Gasteiger partial charge in [0.2, 0.25) is 5.91 Å². The molecule has 0 bridgehead atoms. The van der Waals surface area contributed by atoms with E-state index in [1.54, 1.807) is 44.2 Å². The molecule has 0 N–H and O–H groups in total. The first kappa shape index (κ1) is 30.2. The van der Waals surface area contributed by atoms with Crippen LogP contribution in [0, 0.1) is 6.92 Å². The van der Waals surface area contributed by atoms with Crippen LogP contribution in [0.1, 0.15) is 35.7 Å². The number of amides is 2. The highest BCUT2D eigenvalue weighted by Crippen LogP contribution is 2.29. The fourth-order valence-electron chi connectivity index (χ4n) is 5.26. The molecule has 0 spiro atoms. The topological polar surface area (TPSA) is 89.8 Å². The van der Waals surface area contributed by atoms with Gasteiger partial charge in [0.05, 0.1) is 14.2 Å². The highest BCUT2D eigenvalue weighted by Gasteiger charge is 2.30. The molecular formula is C33H37N5O4S. The number of aryl methyl sites for hydroxylation is 1. The zero-order valence-corrected chi connectivity index (χ0v) is 25.8. The Morgan fingerprint density at radius 2 is 1.67 bits per heavy atom. The lowest BCUT2D eigenvalue weighted by Crippen LogP contribution is -2.55. The maximum Gasteiger partial charge on any atom is 0.254 e. The molecule has 1 aliphatic rings. The van der Waals surface area contributed by atoms with Crippen molar-refractivity contribution >= 4 is 23.6 Å². The highest BCUT2D eigenvalue weighted by molar-refractivity contribution is 7.99. The Bertz CT molecular complexity index is 1550. The van der Waals surface area contributed by atoms with E-state index in [0.717, 1.165) is 33.5 Å². The number of carbonyl (C=O) groups is 2. The predicted molar refractivity (Wildman–Crippen MR) is 168 cm³/mol. The van der Waals surface area contributed by atoms with Gasteiger partial charge in [-0.2, -0.15) is 0 Å². The molecule has 224 valence electrons. The molecule has 1 fully saturated rings. The molecule has 0 aliphatic carbocycles. The second kappa shape index (κ2) is 13.8. The number of ether oxygens (including phenoxy) is 2. The standard InChI is InChI=1S/C33H37N5O4S/c1-23-10-8-13-27(18-23)38-31(25-11-6-5-7-12-25)34-35-33(38)43-17-9-14-30(39)36-15-16-37(24(2)22-36)32(40)26-19-28(41-3)21-29(20-26)42-4/h5-8,10-13,18-21,24H,9,14-17,22H2,1-4H3. The van der Waals surface area contributed by atoms with Gasteiger partial charge < -0.3 is 19.3 Å². The van der Waals surface area contributed by atoms with Crippen LogP contribution >= 0.6 is 11.8 Å². The number of piperazine rings is 1. The first-order valence-electron chi connectivity index (χ1n) is 14.4. The number of methoxy groups -OCH3 is 2. The Morgan fingerprint density at radius 3 is 2.35 bits per heavy atom. The molecule has 3 aromatic carbocycles. The van der Waals surface area contributed by atoms with Gasteiger partial charge in [0.15, 0.2) is 11.0 Å². The van der Waals surface area contributed by atoms with E-state index in [0.29, 0.717) is 49.5 Å². The van der Waals surface area contributed by atoms with E-state index in [-0.39, 0.29) is 17.9 Å². The fraction of sp³-hybridized carbons (Fsp3) is 0.333. The van der Waals surface area contributed by atoms with Crippen LogP contribution in [0.25, 0.3) is 17.1 Å².